The lowest BCUT2D eigenvalue weighted by Gasteiger charge is -2.16. The van der Waals surface area contributed by atoms with Crippen LogP contribution in [-0.4, -0.2) is 11.0 Å². The molecule has 1 fully saturated rings. The molecule has 1 saturated carbocycles. The quantitative estimate of drug-likeness (QED) is 0.388. The molecule has 104 valence electrons. The number of thiol groups is 1. The number of aryl methyl sites for hydroxylation is 1. The summed E-state index contributed by atoms with van der Waals surface area (Å²) in [5.41, 5.74) is 1.04. The molecule has 1 aliphatic rings. The van der Waals surface area contributed by atoms with Crippen LogP contribution in [0.5, 0.6) is 0 Å². The number of nitrogens with zero attached hydrogens (tertiary/aromatic N) is 2. The molecule has 0 radical (unpaired) electrons. The van der Waals surface area contributed by atoms with Crippen molar-refractivity contribution in [3.63, 3.8) is 0 Å². The molecule has 2 rings (SSSR count). The fourth-order valence-electron chi connectivity index (χ4n) is 1.76. The van der Waals surface area contributed by atoms with Crippen molar-refractivity contribution in [3.8, 4) is 6.07 Å². The van der Waals surface area contributed by atoms with Gasteiger partial charge in [0.05, 0.1) is 5.69 Å². The SMILES string of the molecule is Cc1cc(N(S)C(=O)C(C#N)=C(O)C2CC2)ccc1Cl. The van der Waals surface area contributed by atoms with Crippen LogP contribution in [0.15, 0.2) is 29.5 Å². The van der Waals surface area contributed by atoms with Gasteiger partial charge in [-0.1, -0.05) is 24.4 Å². The molecule has 0 aliphatic heterocycles. The predicted octanol–water partition coefficient (Wildman–Crippen LogP) is 3.57. The van der Waals surface area contributed by atoms with E-state index in [1.165, 1.54) is 0 Å². The largest absolute Gasteiger partial charge is 0.510 e. The molecule has 0 unspecified atom stereocenters. The van der Waals surface area contributed by atoms with Crippen LogP contribution in [0.1, 0.15) is 18.4 Å². The zero-order chi connectivity index (χ0) is 14.9. The molecule has 0 aromatic heterocycles. The molecular formula is C14H13ClN2O2S. The second kappa shape index (κ2) is 5.78. The third kappa shape index (κ3) is 2.92. The normalized spacial score (nSPS) is 15.3. The van der Waals surface area contributed by atoms with Crippen LogP contribution >= 0.6 is 24.4 Å². The minimum atomic E-state index is -0.637. The minimum absolute atomic E-state index is 0.0673. The van der Waals surface area contributed by atoms with Crippen LogP contribution in [0.2, 0.25) is 5.02 Å². The van der Waals surface area contributed by atoms with Crippen molar-refractivity contribution in [2.75, 3.05) is 4.31 Å². The van der Waals surface area contributed by atoms with E-state index in [0.29, 0.717) is 10.7 Å². The average Bonchev–Trinajstić information content (AvgIpc) is 3.26. The number of benzene rings is 1. The lowest BCUT2D eigenvalue weighted by Crippen LogP contribution is -2.23. The molecule has 0 spiro atoms. The highest BCUT2D eigenvalue weighted by Gasteiger charge is 2.32. The minimum Gasteiger partial charge on any atom is -0.510 e. The van der Waals surface area contributed by atoms with Crippen molar-refractivity contribution in [1.82, 2.24) is 0 Å². The average molecular weight is 309 g/mol. The summed E-state index contributed by atoms with van der Waals surface area (Å²) in [6, 6.07) is 6.73. The number of amides is 1. The van der Waals surface area contributed by atoms with E-state index < -0.39 is 5.91 Å². The van der Waals surface area contributed by atoms with Gasteiger partial charge in [-0.2, -0.15) is 5.26 Å². The van der Waals surface area contributed by atoms with Crippen LogP contribution in [0, 0.1) is 24.2 Å². The Kier molecular flexibility index (Phi) is 4.26. The molecule has 1 aromatic rings. The first-order chi connectivity index (χ1) is 9.45. The van der Waals surface area contributed by atoms with Crippen LogP contribution in [0.25, 0.3) is 0 Å². The molecular weight excluding hydrogens is 296 g/mol. The summed E-state index contributed by atoms with van der Waals surface area (Å²) in [6.07, 6.45) is 1.60. The number of rotatable bonds is 3. The molecule has 1 N–H and O–H groups in total. The van der Waals surface area contributed by atoms with Gasteiger partial charge in [0.25, 0.3) is 5.91 Å². The van der Waals surface area contributed by atoms with E-state index in [1.807, 2.05) is 0 Å². The number of carbonyl (C=O) groups excluding carboxylic acids is 1. The number of allylic oxidation sites excluding steroid dienone is 1. The lowest BCUT2D eigenvalue weighted by atomic mass is 10.1. The van der Waals surface area contributed by atoms with Crippen molar-refractivity contribution >= 4 is 36.0 Å². The molecule has 4 nitrogen and oxygen atoms in total. The number of hydrogen-bond acceptors (Lipinski definition) is 4. The number of anilines is 1. The number of halogens is 1. The first-order valence-electron chi connectivity index (χ1n) is 6.08. The molecule has 1 aromatic carbocycles. The van der Waals surface area contributed by atoms with E-state index in [9.17, 15) is 9.90 Å². The third-order valence-electron chi connectivity index (χ3n) is 3.12. The Balaban J connectivity index is 2.30. The highest BCUT2D eigenvalue weighted by molar-refractivity contribution is 7.82. The Morgan fingerprint density at radius 3 is 2.70 bits per heavy atom. The van der Waals surface area contributed by atoms with Gasteiger partial charge in [-0.05, 0) is 43.5 Å². The maximum absolute atomic E-state index is 12.2. The highest BCUT2D eigenvalue weighted by Crippen LogP contribution is 2.37. The zero-order valence-corrected chi connectivity index (χ0v) is 12.4. The molecule has 1 amide bonds. The van der Waals surface area contributed by atoms with Crippen molar-refractivity contribution in [2.24, 2.45) is 5.92 Å². The summed E-state index contributed by atoms with van der Waals surface area (Å²) in [5, 5.41) is 19.5. The third-order valence-corrected chi connectivity index (χ3v) is 3.96. The zero-order valence-electron chi connectivity index (χ0n) is 10.8. The van der Waals surface area contributed by atoms with E-state index in [1.54, 1.807) is 31.2 Å². The van der Waals surface area contributed by atoms with Gasteiger partial charge in [-0.3, -0.25) is 9.10 Å². The van der Waals surface area contributed by atoms with Crippen molar-refractivity contribution in [2.45, 2.75) is 19.8 Å². The van der Waals surface area contributed by atoms with E-state index >= 15 is 0 Å². The molecule has 0 heterocycles. The first kappa shape index (κ1) is 14.8. The van der Waals surface area contributed by atoms with Crippen LogP contribution in [0.3, 0.4) is 0 Å². The summed E-state index contributed by atoms with van der Waals surface area (Å²) in [7, 11) is 0. The van der Waals surface area contributed by atoms with Crippen molar-refractivity contribution < 1.29 is 9.90 Å². The van der Waals surface area contributed by atoms with Gasteiger partial charge in [-0.15, -0.1) is 0 Å². The number of aliphatic hydroxyl groups is 1. The molecule has 20 heavy (non-hydrogen) atoms. The number of aliphatic hydroxyl groups excluding tert-OH is 1. The Bertz CT molecular complexity index is 633. The number of nitriles is 1. The van der Waals surface area contributed by atoms with Gasteiger partial charge in [0.1, 0.15) is 11.8 Å². The summed E-state index contributed by atoms with van der Waals surface area (Å²) in [4.78, 5) is 12.2. The Morgan fingerprint density at radius 1 is 1.55 bits per heavy atom. The number of hydrogen-bond donors (Lipinski definition) is 2. The molecule has 6 heteroatoms. The Morgan fingerprint density at radius 2 is 2.20 bits per heavy atom. The summed E-state index contributed by atoms with van der Waals surface area (Å²) >= 11 is 10.0. The number of carbonyl (C=O) groups is 1. The second-order valence-corrected chi connectivity index (χ2v) is 5.50. The summed E-state index contributed by atoms with van der Waals surface area (Å²) < 4.78 is 1.04. The van der Waals surface area contributed by atoms with E-state index in [2.05, 4.69) is 12.8 Å². The monoisotopic (exact) mass is 308 g/mol. The van der Waals surface area contributed by atoms with Gasteiger partial charge in [0, 0.05) is 10.9 Å². The fraction of sp³-hybridized carbons (Fsp3) is 0.286. The predicted molar refractivity (Wildman–Crippen MR) is 80.7 cm³/mol. The first-order valence-corrected chi connectivity index (χ1v) is 6.86. The standard InChI is InChI=1S/C14H13ClN2O2S/c1-8-6-10(4-5-12(8)15)17(20)14(19)11(7-16)13(18)9-2-3-9/h4-6,9,18,20H,2-3H2,1H3. The van der Waals surface area contributed by atoms with Crippen LogP contribution in [-0.2, 0) is 4.79 Å². The van der Waals surface area contributed by atoms with Gasteiger partial charge >= 0.3 is 0 Å². The van der Waals surface area contributed by atoms with E-state index in [0.717, 1.165) is 22.7 Å². The topological polar surface area (TPSA) is 64.3 Å². The molecule has 0 saturated heterocycles. The van der Waals surface area contributed by atoms with E-state index in [-0.39, 0.29) is 17.3 Å². The Labute approximate surface area is 127 Å². The lowest BCUT2D eigenvalue weighted by molar-refractivity contribution is -0.113. The Hall–Kier alpha value is -1.64. The molecule has 0 atom stereocenters. The van der Waals surface area contributed by atoms with Gasteiger partial charge in [-0.25, -0.2) is 0 Å². The maximum atomic E-state index is 12.2. The van der Waals surface area contributed by atoms with Crippen LogP contribution in [0.4, 0.5) is 5.69 Å². The summed E-state index contributed by atoms with van der Waals surface area (Å²) in [5.74, 6) is -0.841. The molecule has 0 bridgehead atoms. The fourth-order valence-corrected chi connectivity index (χ4v) is 2.10. The van der Waals surface area contributed by atoms with Gasteiger partial charge in [0.15, 0.2) is 5.57 Å². The van der Waals surface area contributed by atoms with Crippen molar-refractivity contribution in [1.29, 1.82) is 5.26 Å². The van der Waals surface area contributed by atoms with E-state index in [4.69, 9.17) is 16.9 Å². The van der Waals surface area contributed by atoms with Gasteiger partial charge in [0.2, 0.25) is 0 Å². The highest BCUT2D eigenvalue weighted by atomic mass is 35.5. The van der Waals surface area contributed by atoms with Crippen LogP contribution < -0.4 is 4.31 Å². The summed E-state index contributed by atoms with van der Waals surface area (Å²) in [6.45, 7) is 1.81. The molecule has 1 aliphatic carbocycles. The van der Waals surface area contributed by atoms with Gasteiger partial charge < -0.3 is 5.11 Å². The maximum Gasteiger partial charge on any atom is 0.282 e. The smallest absolute Gasteiger partial charge is 0.282 e. The van der Waals surface area contributed by atoms with Crippen molar-refractivity contribution in [3.05, 3.63) is 40.1 Å². The second-order valence-electron chi connectivity index (χ2n) is 4.70.